The highest BCUT2D eigenvalue weighted by molar-refractivity contribution is 9.10. The van der Waals surface area contributed by atoms with Crippen molar-refractivity contribution in [1.82, 2.24) is 0 Å². The molecule has 0 aromatic heterocycles. The van der Waals surface area contributed by atoms with Crippen molar-refractivity contribution < 1.29 is 14.8 Å². The smallest absolute Gasteiger partial charge is 0.275 e. The van der Waals surface area contributed by atoms with Crippen molar-refractivity contribution in [2.75, 3.05) is 0 Å². The Morgan fingerprint density at radius 1 is 1.25 bits per heavy atom. The highest BCUT2D eigenvalue weighted by Crippen LogP contribution is 2.29. The van der Waals surface area contributed by atoms with Crippen LogP contribution >= 0.6 is 15.9 Å². The Balaban J connectivity index is 2.29. The van der Waals surface area contributed by atoms with E-state index in [4.69, 9.17) is 4.74 Å². The zero-order valence-electron chi connectivity index (χ0n) is 10.7. The largest absolute Gasteiger partial charge is 0.457 e. The van der Waals surface area contributed by atoms with Crippen molar-refractivity contribution in [3.8, 4) is 11.5 Å². The van der Waals surface area contributed by atoms with Crippen LogP contribution in [0.15, 0.2) is 40.9 Å². The number of rotatable bonds is 4. The molecule has 104 valence electrons. The topological polar surface area (TPSA) is 72.6 Å². The summed E-state index contributed by atoms with van der Waals surface area (Å²) in [4.78, 5) is 10.3. The molecular weight excluding hydrogens is 326 g/mol. The van der Waals surface area contributed by atoms with Crippen LogP contribution in [0.25, 0.3) is 0 Å². The third kappa shape index (κ3) is 3.15. The predicted octanol–water partition coefficient (Wildman–Crippen LogP) is 3.95. The lowest BCUT2D eigenvalue weighted by molar-refractivity contribution is -0.385. The molecule has 0 unspecified atom stereocenters. The first-order valence-electron chi connectivity index (χ1n) is 5.83. The molecule has 0 amide bonds. The fraction of sp³-hybridized carbons (Fsp3) is 0.143. The van der Waals surface area contributed by atoms with Gasteiger partial charge in [0, 0.05) is 10.5 Å². The van der Waals surface area contributed by atoms with Crippen LogP contribution in [0.1, 0.15) is 11.1 Å². The minimum absolute atomic E-state index is 0.119. The lowest BCUT2D eigenvalue weighted by atomic mass is 10.2. The predicted molar refractivity (Wildman–Crippen MR) is 78.0 cm³/mol. The van der Waals surface area contributed by atoms with Gasteiger partial charge < -0.3 is 9.84 Å². The van der Waals surface area contributed by atoms with Crippen molar-refractivity contribution in [1.29, 1.82) is 0 Å². The highest BCUT2D eigenvalue weighted by atomic mass is 79.9. The van der Waals surface area contributed by atoms with Crippen LogP contribution in [0.5, 0.6) is 11.5 Å². The van der Waals surface area contributed by atoms with Crippen LogP contribution < -0.4 is 4.74 Å². The molecule has 2 rings (SSSR count). The van der Waals surface area contributed by atoms with Gasteiger partial charge in [0.25, 0.3) is 5.69 Å². The van der Waals surface area contributed by atoms with E-state index in [1.165, 1.54) is 18.2 Å². The van der Waals surface area contributed by atoms with E-state index in [0.29, 0.717) is 11.5 Å². The number of aliphatic hydroxyl groups is 1. The summed E-state index contributed by atoms with van der Waals surface area (Å²) in [7, 11) is 0. The van der Waals surface area contributed by atoms with Gasteiger partial charge in [0.1, 0.15) is 11.5 Å². The van der Waals surface area contributed by atoms with E-state index in [0.717, 1.165) is 10.0 Å². The molecule has 0 saturated heterocycles. The average molecular weight is 338 g/mol. The maximum absolute atomic E-state index is 10.8. The molecule has 20 heavy (non-hydrogen) atoms. The molecule has 6 heteroatoms. The molecule has 1 N–H and O–H groups in total. The number of nitro benzene ring substituents is 1. The van der Waals surface area contributed by atoms with Gasteiger partial charge in [0.2, 0.25) is 0 Å². The van der Waals surface area contributed by atoms with E-state index in [2.05, 4.69) is 15.9 Å². The average Bonchev–Trinajstić information content (AvgIpc) is 2.42. The van der Waals surface area contributed by atoms with E-state index in [1.54, 1.807) is 6.07 Å². The van der Waals surface area contributed by atoms with Crippen LogP contribution in [0.3, 0.4) is 0 Å². The van der Waals surface area contributed by atoms with Gasteiger partial charge in [-0.2, -0.15) is 0 Å². The number of hydrogen-bond acceptors (Lipinski definition) is 4. The van der Waals surface area contributed by atoms with Gasteiger partial charge in [0.15, 0.2) is 0 Å². The molecule has 0 atom stereocenters. The number of aliphatic hydroxyl groups excluding tert-OH is 1. The van der Waals surface area contributed by atoms with Gasteiger partial charge in [-0.1, -0.05) is 15.9 Å². The normalized spacial score (nSPS) is 10.3. The Hall–Kier alpha value is -1.92. The summed E-state index contributed by atoms with van der Waals surface area (Å²) in [6.07, 6.45) is 0. The number of ether oxygens (including phenoxy) is 1. The van der Waals surface area contributed by atoms with Crippen LogP contribution in [0, 0.1) is 17.0 Å². The molecule has 0 fully saturated rings. The summed E-state index contributed by atoms with van der Waals surface area (Å²) in [5.74, 6) is 1.07. The summed E-state index contributed by atoms with van der Waals surface area (Å²) >= 11 is 3.40. The second-order valence-electron chi connectivity index (χ2n) is 4.22. The van der Waals surface area contributed by atoms with E-state index in [1.807, 2.05) is 19.1 Å². The Bertz CT molecular complexity index is 658. The van der Waals surface area contributed by atoms with Crippen LogP contribution in [0.4, 0.5) is 5.69 Å². The van der Waals surface area contributed by atoms with Crippen molar-refractivity contribution in [2.24, 2.45) is 0 Å². The van der Waals surface area contributed by atoms with Crippen molar-refractivity contribution in [3.05, 3.63) is 62.1 Å². The van der Waals surface area contributed by atoms with Crippen LogP contribution in [-0.4, -0.2) is 10.0 Å². The molecule has 2 aromatic rings. The maximum atomic E-state index is 10.8. The third-order valence-corrected chi connectivity index (χ3v) is 3.67. The molecule has 0 bridgehead atoms. The van der Waals surface area contributed by atoms with E-state index >= 15 is 0 Å². The minimum Gasteiger partial charge on any atom is -0.457 e. The molecule has 0 heterocycles. The van der Waals surface area contributed by atoms with Gasteiger partial charge in [-0.15, -0.1) is 0 Å². The molecule has 0 spiro atoms. The van der Waals surface area contributed by atoms with Gasteiger partial charge in [-0.25, -0.2) is 0 Å². The van der Waals surface area contributed by atoms with E-state index < -0.39 is 11.5 Å². The Labute approximate surface area is 124 Å². The Morgan fingerprint density at radius 3 is 2.50 bits per heavy atom. The first-order chi connectivity index (χ1) is 9.51. The lowest BCUT2D eigenvalue weighted by Crippen LogP contribution is -1.96. The molecule has 0 aliphatic rings. The highest BCUT2D eigenvalue weighted by Gasteiger charge is 2.14. The second-order valence-corrected chi connectivity index (χ2v) is 5.07. The SMILES string of the molecule is Cc1cc(Oc2ccc([N+](=O)[O-])c(CO)c2)ccc1Br. The fourth-order valence-electron chi connectivity index (χ4n) is 1.75. The summed E-state index contributed by atoms with van der Waals surface area (Å²) in [6, 6.07) is 9.81. The monoisotopic (exact) mass is 337 g/mol. The third-order valence-electron chi connectivity index (χ3n) is 2.78. The van der Waals surface area contributed by atoms with Gasteiger partial charge in [-0.05, 0) is 42.8 Å². The first kappa shape index (κ1) is 14.5. The molecule has 0 radical (unpaired) electrons. The second kappa shape index (κ2) is 6.02. The number of nitro groups is 1. The summed E-state index contributed by atoms with van der Waals surface area (Å²) in [5, 5.41) is 20.0. The number of aryl methyl sites for hydroxylation is 1. The zero-order valence-corrected chi connectivity index (χ0v) is 12.3. The summed E-state index contributed by atoms with van der Waals surface area (Å²) in [5.41, 5.74) is 1.12. The number of benzene rings is 2. The summed E-state index contributed by atoms with van der Waals surface area (Å²) < 4.78 is 6.61. The van der Waals surface area contributed by atoms with Gasteiger partial charge in [-0.3, -0.25) is 10.1 Å². The van der Waals surface area contributed by atoms with E-state index in [9.17, 15) is 15.2 Å². The number of hydrogen-bond donors (Lipinski definition) is 1. The standard InChI is InChI=1S/C14H12BrNO4/c1-9-6-11(2-4-13(9)15)20-12-3-5-14(16(18)19)10(7-12)8-17/h2-7,17H,8H2,1H3. The summed E-state index contributed by atoms with van der Waals surface area (Å²) in [6.45, 7) is 1.53. The zero-order chi connectivity index (χ0) is 14.7. The van der Waals surface area contributed by atoms with Crippen molar-refractivity contribution in [2.45, 2.75) is 13.5 Å². The lowest BCUT2D eigenvalue weighted by Gasteiger charge is -2.08. The van der Waals surface area contributed by atoms with Crippen molar-refractivity contribution in [3.63, 3.8) is 0 Å². The van der Waals surface area contributed by atoms with Gasteiger partial charge >= 0.3 is 0 Å². The molecule has 0 saturated carbocycles. The first-order valence-corrected chi connectivity index (χ1v) is 6.62. The van der Waals surface area contributed by atoms with Gasteiger partial charge in [0.05, 0.1) is 17.1 Å². The molecule has 0 aliphatic carbocycles. The molecule has 2 aromatic carbocycles. The van der Waals surface area contributed by atoms with E-state index in [-0.39, 0.29) is 11.3 Å². The number of halogens is 1. The molecule has 0 aliphatic heterocycles. The molecule has 5 nitrogen and oxygen atoms in total. The Kier molecular flexibility index (Phi) is 4.36. The van der Waals surface area contributed by atoms with Crippen molar-refractivity contribution >= 4 is 21.6 Å². The van der Waals surface area contributed by atoms with Crippen LogP contribution in [-0.2, 0) is 6.61 Å². The fourth-order valence-corrected chi connectivity index (χ4v) is 1.99. The number of nitrogens with zero attached hydrogens (tertiary/aromatic N) is 1. The minimum atomic E-state index is -0.529. The molecular formula is C14H12BrNO4. The maximum Gasteiger partial charge on any atom is 0.275 e. The Morgan fingerprint density at radius 2 is 1.90 bits per heavy atom. The quantitative estimate of drug-likeness (QED) is 0.677. The van der Waals surface area contributed by atoms with Crippen LogP contribution in [0.2, 0.25) is 0 Å².